The third-order valence-electron chi connectivity index (χ3n) is 4.10. The number of hydrogen-bond acceptors (Lipinski definition) is 8. The number of thiophene rings is 1. The summed E-state index contributed by atoms with van der Waals surface area (Å²) in [7, 11) is 0. The number of carbonyl (C=O) groups excluding carboxylic acids is 2. The predicted molar refractivity (Wildman–Crippen MR) is 111 cm³/mol. The van der Waals surface area contributed by atoms with E-state index < -0.39 is 11.8 Å². The highest BCUT2D eigenvalue weighted by Crippen LogP contribution is 2.21. The Balaban J connectivity index is 1.20. The van der Waals surface area contributed by atoms with Crippen molar-refractivity contribution in [1.82, 2.24) is 21.0 Å². The molecule has 10 heteroatoms. The van der Waals surface area contributed by atoms with Crippen LogP contribution in [0.5, 0.6) is 5.75 Å². The lowest BCUT2D eigenvalue weighted by Crippen LogP contribution is -2.41. The smallest absolute Gasteiger partial charge is 0.305 e. The minimum absolute atomic E-state index is 0.0597. The number of amides is 2. The van der Waals surface area contributed by atoms with Crippen LogP contribution in [0.15, 0.2) is 68.9 Å². The zero-order valence-electron chi connectivity index (χ0n) is 16.2. The number of hydrogen-bond donors (Lipinski definition) is 2. The Morgan fingerprint density at radius 2 is 1.90 bits per heavy atom. The van der Waals surface area contributed by atoms with Gasteiger partial charge in [0.1, 0.15) is 18.1 Å². The number of carbonyl (C=O) groups is 2. The molecule has 9 nitrogen and oxygen atoms in total. The van der Waals surface area contributed by atoms with Crippen molar-refractivity contribution in [2.45, 2.75) is 19.4 Å². The van der Waals surface area contributed by atoms with E-state index in [4.69, 9.17) is 13.7 Å². The van der Waals surface area contributed by atoms with E-state index in [1.807, 2.05) is 47.8 Å². The first-order chi connectivity index (χ1) is 15.2. The molecule has 0 aliphatic heterocycles. The highest BCUT2D eigenvalue weighted by molar-refractivity contribution is 7.13. The van der Waals surface area contributed by atoms with Crippen LogP contribution in [0.1, 0.15) is 28.6 Å². The summed E-state index contributed by atoms with van der Waals surface area (Å²) < 4.78 is 16.2. The van der Waals surface area contributed by atoms with Crippen LogP contribution in [-0.4, -0.2) is 22.0 Å². The van der Waals surface area contributed by atoms with E-state index in [0.29, 0.717) is 23.2 Å². The molecule has 0 fully saturated rings. The largest absolute Gasteiger partial charge is 0.486 e. The summed E-state index contributed by atoms with van der Waals surface area (Å²) in [5.74, 6) is 1.10. The molecular formula is C21H18N4O5S. The molecule has 0 saturated carbocycles. The molecule has 2 N–H and O–H groups in total. The highest BCUT2D eigenvalue weighted by Gasteiger charge is 2.14. The number of aryl methyl sites for hydroxylation is 1. The number of ether oxygens (including phenoxy) is 1. The number of para-hydroxylation sites is 1. The van der Waals surface area contributed by atoms with Crippen LogP contribution < -0.4 is 15.6 Å². The second-order valence-electron chi connectivity index (χ2n) is 6.36. The van der Waals surface area contributed by atoms with Crippen LogP contribution in [0, 0.1) is 0 Å². The summed E-state index contributed by atoms with van der Waals surface area (Å²) in [5.41, 5.74) is 4.65. The standard InChI is InChI=1S/C21H18N4O5S/c26-18(10-11-19-22-20(25-30-19)17-7-4-12-31-17)23-24-21(27)16-9-8-15(29-16)13-28-14-5-2-1-3-6-14/h1-9,12H,10-11,13H2,(H,23,26)(H,24,27). The number of nitrogens with zero attached hydrogens (tertiary/aromatic N) is 2. The summed E-state index contributed by atoms with van der Waals surface area (Å²) in [4.78, 5) is 29.3. The molecule has 0 saturated heterocycles. The molecule has 0 spiro atoms. The molecule has 4 aromatic rings. The first kappa shape index (κ1) is 20.4. The first-order valence-corrected chi connectivity index (χ1v) is 10.3. The van der Waals surface area contributed by atoms with Crippen LogP contribution in [0.4, 0.5) is 0 Å². The monoisotopic (exact) mass is 438 g/mol. The zero-order valence-corrected chi connectivity index (χ0v) is 17.1. The van der Waals surface area contributed by atoms with E-state index in [1.165, 1.54) is 17.4 Å². The van der Waals surface area contributed by atoms with Crippen LogP contribution in [0.3, 0.4) is 0 Å². The molecule has 1 aromatic carbocycles. The average Bonchev–Trinajstić information content (AvgIpc) is 3.56. The van der Waals surface area contributed by atoms with Crippen molar-refractivity contribution in [3.05, 3.63) is 77.4 Å². The van der Waals surface area contributed by atoms with Gasteiger partial charge in [-0.1, -0.05) is 29.4 Å². The van der Waals surface area contributed by atoms with Crippen molar-refractivity contribution in [3.63, 3.8) is 0 Å². The van der Waals surface area contributed by atoms with Crippen LogP contribution in [-0.2, 0) is 17.8 Å². The van der Waals surface area contributed by atoms with E-state index in [-0.39, 0.29) is 25.2 Å². The molecule has 3 aromatic heterocycles. The molecule has 0 aliphatic carbocycles. The van der Waals surface area contributed by atoms with Gasteiger partial charge in [-0.05, 0) is 35.7 Å². The number of benzene rings is 1. The predicted octanol–water partition coefficient (Wildman–Crippen LogP) is 3.36. The van der Waals surface area contributed by atoms with Gasteiger partial charge in [-0.3, -0.25) is 20.4 Å². The maximum Gasteiger partial charge on any atom is 0.305 e. The molecule has 0 radical (unpaired) electrons. The van der Waals surface area contributed by atoms with Gasteiger partial charge in [-0.25, -0.2) is 0 Å². The Morgan fingerprint density at radius 3 is 2.71 bits per heavy atom. The van der Waals surface area contributed by atoms with E-state index in [2.05, 4.69) is 21.0 Å². The fraction of sp³-hybridized carbons (Fsp3) is 0.143. The average molecular weight is 438 g/mol. The van der Waals surface area contributed by atoms with Crippen LogP contribution in [0.25, 0.3) is 10.7 Å². The van der Waals surface area contributed by atoms with Gasteiger partial charge >= 0.3 is 5.91 Å². The van der Waals surface area contributed by atoms with Crippen molar-refractivity contribution in [1.29, 1.82) is 0 Å². The first-order valence-electron chi connectivity index (χ1n) is 9.39. The minimum atomic E-state index is -0.572. The lowest BCUT2D eigenvalue weighted by Gasteiger charge is -2.05. The number of hydrazine groups is 1. The molecule has 0 atom stereocenters. The van der Waals surface area contributed by atoms with Crippen molar-refractivity contribution in [2.75, 3.05) is 0 Å². The van der Waals surface area contributed by atoms with Gasteiger partial charge < -0.3 is 13.7 Å². The quantitative estimate of drug-likeness (QED) is 0.405. The SMILES string of the molecule is O=C(CCc1nc(-c2cccs2)no1)NNC(=O)c1ccc(COc2ccccc2)o1. The van der Waals surface area contributed by atoms with Gasteiger partial charge in [0, 0.05) is 12.8 Å². The number of furan rings is 1. The van der Waals surface area contributed by atoms with E-state index >= 15 is 0 Å². The van der Waals surface area contributed by atoms with E-state index in [9.17, 15) is 9.59 Å². The molecule has 31 heavy (non-hydrogen) atoms. The summed E-state index contributed by atoms with van der Waals surface area (Å²) in [6.45, 7) is 0.182. The van der Waals surface area contributed by atoms with Gasteiger partial charge in [0.25, 0.3) is 0 Å². The maximum absolute atomic E-state index is 12.1. The molecule has 3 heterocycles. The summed E-state index contributed by atoms with van der Waals surface area (Å²) in [6, 6.07) is 16.2. The van der Waals surface area contributed by atoms with Gasteiger partial charge in [-0.15, -0.1) is 11.3 Å². The Bertz CT molecular complexity index is 1140. The summed E-state index contributed by atoms with van der Waals surface area (Å²) in [5, 5.41) is 5.80. The Morgan fingerprint density at radius 1 is 1.03 bits per heavy atom. The lowest BCUT2D eigenvalue weighted by molar-refractivity contribution is -0.121. The van der Waals surface area contributed by atoms with Gasteiger partial charge in [0.15, 0.2) is 5.76 Å². The maximum atomic E-state index is 12.1. The molecule has 0 unspecified atom stereocenters. The Labute approximate surface area is 181 Å². The van der Waals surface area contributed by atoms with E-state index in [0.717, 1.165) is 4.88 Å². The normalized spacial score (nSPS) is 10.6. The molecular weight excluding hydrogens is 420 g/mol. The van der Waals surface area contributed by atoms with Crippen molar-refractivity contribution in [2.24, 2.45) is 0 Å². The summed E-state index contributed by atoms with van der Waals surface area (Å²) in [6.07, 6.45) is 0.322. The molecule has 0 bridgehead atoms. The third kappa shape index (κ3) is 5.58. The lowest BCUT2D eigenvalue weighted by atomic mass is 10.3. The van der Waals surface area contributed by atoms with Gasteiger partial charge in [-0.2, -0.15) is 4.98 Å². The van der Waals surface area contributed by atoms with E-state index in [1.54, 1.807) is 6.07 Å². The van der Waals surface area contributed by atoms with Crippen molar-refractivity contribution >= 4 is 23.2 Å². The van der Waals surface area contributed by atoms with Gasteiger partial charge in [0.05, 0.1) is 4.88 Å². The van der Waals surface area contributed by atoms with Gasteiger partial charge in [0.2, 0.25) is 17.6 Å². The number of aromatic nitrogens is 2. The Hall–Kier alpha value is -3.92. The second-order valence-corrected chi connectivity index (χ2v) is 7.31. The second kappa shape index (κ2) is 9.72. The number of nitrogens with one attached hydrogen (secondary N) is 2. The van der Waals surface area contributed by atoms with Crippen LogP contribution >= 0.6 is 11.3 Å². The third-order valence-corrected chi connectivity index (χ3v) is 4.97. The number of rotatable bonds is 8. The Kier molecular flexibility index (Phi) is 6.38. The van der Waals surface area contributed by atoms with Crippen molar-refractivity contribution in [3.8, 4) is 16.5 Å². The topological polar surface area (TPSA) is 119 Å². The summed E-state index contributed by atoms with van der Waals surface area (Å²) >= 11 is 1.50. The minimum Gasteiger partial charge on any atom is -0.486 e. The molecule has 0 aliphatic rings. The fourth-order valence-corrected chi connectivity index (χ4v) is 3.23. The molecule has 4 rings (SSSR count). The van der Waals surface area contributed by atoms with Crippen molar-refractivity contribution < 1.29 is 23.3 Å². The molecule has 2 amide bonds. The molecule has 158 valence electrons. The van der Waals surface area contributed by atoms with Crippen LogP contribution in [0.2, 0.25) is 0 Å². The zero-order chi connectivity index (χ0) is 21.5. The fourth-order valence-electron chi connectivity index (χ4n) is 2.58. The highest BCUT2D eigenvalue weighted by atomic mass is 32.1.